The number of halogens is 5. The number of hydrogen-bond donors (Lipinski definition) is 2. The van der Waals surface area contributed by atoms with Crippen molar-refractivity contribution in [3.63, 3.8) is 0 Å². The summed E-state index contributed by atoms with van der Waals surface area (Å²) in [6.45, 7) is 15.8. The van der Waals surface area contributed by atoms with E-state index in [0.717, 1.165) is 44.3 Å². The molecule has 0 spiro atoms. The van der Waals surface area contributed by atoms with Gasteiger partial charge in [0, 0.05) is 0 Å². The Balaban J connectivity index is 0. The quantitative estimate of drug-likeness (QED) is 0.279. The van der Waals surface area contributed by atoms with Crippen molar-refractivity contribution in [2.24, 2.45) is 17.6 Å². The first kappa shape index (κ1) is 36.2. The van der Waals surface area contributed by atoms with Gasteiger partial charge in [0.15, 0.2) is 0 Å². The van der Waals surface area contributed by atoms with Crippen LogP contribution in [-0.4, -0.2) is 32.9 Å². The lowest BCUT2D eigenvalue weighted by Gasteiger charge is -2.27. The van der Waals surface area contributed by atoms with Crippen LogP contribution in [-0.2, 0) is 0 Å². The van der Waals surface area contributed by atoms with E-state index in [4.69, 9.17) is 0 Å². The van der Waals surface area contributed by atoms with Gasteiger partial charge in [-0.15, -0.1) is 13.2 Å². The SMILES string of the molecule is CC.CCC(C)=C(/C=C(/C(F)F)C(C)CC)C1CCNCC1.CN.Cc1ccc(OC(F)(F)F)cc1. The summed E-state index contributed by atoms with van der Waals surface area (Å²) in [7, 11) is 1.50. The van der Waals surface area contributed by atoms with Crippen LogP contribution >= 0.6 is 0 Å². The highest BCUT2D eigenvalue weighted by atomic mass is 19.4. The van der Waals surface area contributed by atoms with Crippen LogP contribution in [0.5, 0.6) is 5.75 Å². The van der Waals surface area contributed by atoms with E-state index in [1.165, 1.54) is 30.3 Å². The van der Waals surface area contributed by atoms with Gasteiger partial charge in [-0.2, -0.15) is 0 Å². The molecule has 8 heteroatoms. The van der Waals surface area contributed by atoms with Crippen LogP contribution in [0, 0.1) is 18.8 Å². The molecule has 1 fully saturated rings. The van der Waals surface area contributed by atoms with Gasteiger partial charge < -0.3 is 15.8 Å². The van der Waals surface area contributed by atoms with Gasteiger partial charge in [-0.3, -0.25) is 0 Å². The first-order valence-corrected chi connectivity index (χ1v) is 12.8. The smallest absolute Gasteiger partial charge is 0.406 e. The van der Waals surface area contributed by atoms with Crippen LogP contribution in [0.4, 0.5) is 22.0 Å². The Labute approximate surface area is 215 Å². The first-order valence-electron chi connectivity index (χ1n) is 12.8. The van der Waals surface area contributed by atoms with Gasteiger partial charge in [0.2, 0.25) is 0 Å². The minimum absolute atomic E-state index is 0.0450. The highest BCUT2D eigenvalue weighted by molar-refractivity contribution is 5.32. The average molecular weight is 523 g/mol. The second-order valence-electron chi connectivity index (χ2n) is 8.23. The van der Waals surface area contributed by atoms with Crippen LogP contribution in [0.25, 0.3) is 0 Å². The largest absolute Gasteiger partial charge is 0.573 e. The Bertz CT molecular complexity index is 737. The molecule has 1 atom stereocenters. The Morgan fingerprint density at radius 2 is 1.58 bits per heavy atom. The van der Waals surface area contributed by atoms with E-state index in [2.05, 4.69) is 29.6 Å². The number of nitrogens with one attached hydrogen (secondary N) is 1. The normalized spacial score (nSPS) is 15.8. The maximum atomic E-state index is 13.3. The third-order valence-electron chi connectivity index (χ3n) is 5.81. The summed E-state index contributed by atoms with van der Waals surface area (Å²) in [6, 6.07) is 5.67. The summed E-state index contributed by atoms with van der Waals surface area (Å²) in [4.78, 5) is 0. The number of alkyl halides is 5. The molecule has 210 valence electrons. The van der Waals surface area contributed by atoms with Gasteiger partial charge in [-0.25, -0.2) is 8.78 Å². The van der Waals surface area contributed by atoms with Gasteiger partial charge in [-0.1, -0.05) is 64.0 Å². The van der Waals surface area contributed by atoms with E-state index >= 15 is 0 Å². The number of ether oxygens (including phenoxy) is 1. The van der Waals surface area contributed by atoms with Crippen molar-refractivity contribution in [3.05, 3.63) is 52.6 Å². The topological polar surface area (TPSA) is 47.3 Å². The molecule has 0 bridgehead atoms. The minimum Gasteiger partial charge on any atom is -0.406 e. The molecular formula is C28H47F5N2O. The van der Waals surface area contributed by atoms with Crippen LogP contribution in [0.3, 0.4) is 0 Å². The summed E-state index contributed by atoms with van der Waals surface area (Å²) in [5.74, 6) is 0.207. The fourth-order valence-corrected chi connectivity index (χ4v) is 3.50. The van der Waals surface area contributed by atoms with Gasteiger partial charge in [0.05, 0.1) is 0 Å². The zero-order chi connectivity index (χ0) is 28.3. The molecule has 1 aliphatic rings. The van der Waals surface area contributed by atoms with E-state index in [0.29, 0.717) is 11.5 Å². The number of piperidine rings is 1. The van der Waals surface area contributed by atoms with Crippen LogP contribution < -0.4 is 15.8 Å². The summed E-state index contributed by atoms with van der Waals surface area (Å²) < 4.78 is 65.2. The zero-order valence-electron chi connectivity index (χ0n) is 23.2. The monoisotopic (exact) mass is 522 g/mol. The van der Waals surface area contributed by atoms with Crippen molar-refractivity contribution < 1.29 is 26.7 Å². The zero-order valence-corrected chi connectivity index (χ0v) is 23.2. The summed E-state index contributed by atoms with van der Waals surface area (Å²) in [6.07, 6.45) is -1.30. The highest BCUT2D eigenvalue weighted by Gasteiger charge is 2.30. The van der Waals surface area contributed by atoms with Crippen LogP contribution in [0.1, 0.15) is 72.8 Å². The Hall–Kier alpha value is -1.93. The van der Waals surface area contributed by atoms with Crippen LogP contribution in [0.15, 0.2) is 47.1 Å². The van der Waals surface area contributed by atoms with E-state index in [9.17, 15) is 22.0 Å². The van der Waals surface area contributed by atoms with Crippen molar-refractivity contribution >= 4 is 0 Å². The Kier molecular flexibility index (Phi) is 20.3. The van der Waals surface area contributed by atoms with Gasteiger partial charge in [-0.05, 0) is 94.8 Å². The maximum absolute atomic E-state index is 13.3. The lowest BCUT2D eigenvalue weighted by molar-refractivity contribution is -0.274. The highest BCUT2D eigenvalue weighted by Crippen LogP contribution is 2.31. The fourth-order valence-electron chi connectivity index (χ4n) is 3.50. The Morgan fingerprint density at radius 1 is 1.08 bits per heavy atom. The molecule has 36 heavy (non-hydrogen) atoms. The van der Waals surface area contributed by atoms with Gasteiger partial charge in [0.1, 0.15) is 5.75 Å². The molecule has 0 saturated carbocycles. The standard InChI is InChI=1S/C17H29F2N.C8H7F3O.C2H6.CH5N/c1-5-12(3)15(14-7-9-20-10-8-14)11-16(17(18)19)13(4)6-2;1-6-2-4-7(5-3-6)12-8(9,10)11;2*1-2/h11,13-14,17,20H,5-10H2,1-4H3;2-5H,1H3;1-2H3;2H2,1H3/b15-12?,16-11+;;;. The molecule has 3 nitrogen and oxygen atoms in total. The molecule has 0 aliphatic carbocycles. The number of allylic oxidation sites excluding steroid dienone is 4. The second kappa shape index (κ2) is 20.2. The predicted molar refractivity (Wildman–Crippen MR) is 141 cm³/mol. The van der Waals surface area contributed by atoms with Crippen molar-refractivity contribution in [3.8, 4) is 5.75 Å². The first-order chi connectivity index (χ1) is 17.0. The van der Waals surface area contributed by atoms with Gasteiger partial charge in [0.25, 0.3) is 6.43 Å². The average Bonchev–Trinajstić information content (AvgIpc) is 2.87. The molecule has 0 amide bonds. The summed E-state index contributed by atoms with van der Waals surface area (Å²) in [5, 5.41) is 3.35. The van der Waals surface area contributed by atoms with E-state index < -0.39 is 12.8 Å². The lowest BCUT2D eigenvalue weighted by atomic mass is 9.83. The summed E-state index contributed by atoms with van der Waals surface area (Å²) >= 11 is 0. The van der Waals surface area contributed by atoms with E-state index in [1.807, 2.05) is 33.8 Å². The predicted octanol–water partition coefficient (Wildman–Crippen LogP) is 8.44. The molecule has 2 rings (SSSR count). The maximum Gasteiger partial charge on any atom is 0.573 e. The minimum atomic E-state index is -4.60. The number of aryl methyl sites for hydroxylation is 1. The number of nitrogens with two attached hydrogens (primary N) is 1. The van der Waals surface area contributed by atoms with E-state index in [1.54, 1.807) is 19.1 Å². The molecule has 1 saturated heterocycles. The van der Waals surface area contributed by atoms with Crippen LogP contribution in [0.2, 0.25) is 0 Å². The van der Waals surface area contributed by atoms with Gasteiger partial charge >= 0.3 is 6.36 Å². The van der Waals surface area contributed by atoms with Crippen molar-refractivity contribution in [1.29, 1.82) is 0 Å². The molecule has 0 aromatic heterocycles. The number of hydrogen-bond acceptors (Lipinski definition) is 3. The van der Waals surface area contributed by atoms with Crippen molar-refractivity contribution in [2.45, 2.75) is 86.9 Å². The molecule has 1 heterocycles. The molecule has 1 aliphatic heterocycles. The molecule has 1 aromatic carbocycles. The fraction of sp³-hybridized carbons (Fsp3) is 0.643. The number of benzene rings is 1. The Morgan fingerprint density at radius 3 is 1.97 bits per heavy atom. The molecular weight excluding hydrogens is 475 g/mol. The molecule has 3 N–H and O–H groups in total. The summed E-state index contributed by atoms with van der Waals surface area (Å²) in [5.41, 5.74) is 8.14. The molecule has 1 unspecified atom stereocenters. The van der Waals surface area contributed by atoms with E-state index in [-0.39, 0.29) is 11.7 Å². The third-order valence-corrected chi connectivity index (χ3v) is 5.81. The number of rotatable bonds is 7. The third kappa shape index (κ3) is 15.2. The lowest BCUT2D eigenvalue weighted by Crippen LogP contribution is -2.29. The van der Waals surface area contributed by atoms with Crippen molar-refractivity contribution in [1.82, 2.24) is 5.32 Å². The second-order valence-corrected chi connectivity index (χ2v) is 8.23. The van der Waals surface area contributed by atoms with Crippen molar-refractivity contribution in [2.75, 3.05) is 20.1 Å². The molecule has 0 radical (unpaired) electrons. The molecule has 1 aromatic rings.